The van der Waals surface area contributed by atoms with Crippen LogP contribution in [0.3, 0.4) is 0 Å². The van der Waals surface area contributed by atoms with E-state index in [1.807, 2.05) is 7.05 Å². The van der Waals surface area contributed by atoms with Crippen LogP contribution in [0.15, 0.2) is 6.07 Å². The predicted octanol–water partition coefficient (Wildman–Crippen LogP) is 1.44. The van der Waals surface area contributed by atoms with Gasteiger partial charge in [0.1, 0.15) is 0 Å². The third kappa shape index (κ3) is 1.91. The number of nitrogens with zero attached hydrogens (tertiary/aromatic N) is 1. The van der Waals surface area contributed by atoms with Crippen molar-refractivity contribution in [3.63, 3.8) is 0 Å². The molecule has 0 radical (unpaired) electrons. The zero-order valence-electron chi connectivity index (χ0n) is 8.14. The molecule has 1 saturated carbocycles. The standard InChI is InChI=1S/C10H17N3/c1-11-6-5-9-7-10(13-12-9)8-3-2-4-8/h7-8,11H,2-6H2,1H3,(H,12,13). The Morgan fingerprint density at radius 3 is 3.08 bits per heavy atom. The summed E-state index contributed by atoms with van der Waals surface area (Å²) >= 11 is 0. The maximum Gasteiger partial charge on any atom is 0.0655 e. The van der Waals surface area contributed by atoms with Crippen LogP contribution in [0, 0.1) is 0 Å². The third-order valence-corrected chi connectivity index (χ3v) is 2.82. The van der Waals surface area contributed by atoms with Crippen molar-refractivity contribution < 1.29 is 0 Å². The number of aromatic nitrogens is 2. The van der Waals surface area contributed by atoms with E-state index in [4.69, 9.17) is 0 Å². The minimum atomic E-state index is 0.750. The third-order valence-electron chi connectivity index (χ3n) is 2.82. The van der Waals surface area contributed by atoms with Gasteiger partial charge < -0.3 is 5.32 Å². The summed E-state index contributed by atoms with van der Waals surface area (Å²) < 4.78 is 0. The first-order valence-electron chi connectivity index (χ1n) is 5.09. The van der Waals surface area contributed by atoms with Crippen molar-refractivity contribution >= 4 is 0 Å². The van der Waals surface area contributed by atoms with Crippen LogP contribution in [0.4, 0.5) is 0 Å². The molecule has 1 heterocycles. The summed E-state index contributed by atoms with van der Waals surface area (Å²) in [5, 5.41) is 10.6. The lowest BCUT2D eigenvalue weighted by Gasteiger charge is -2.22. The molecule has 1 fully saturated rings. The van der Waals surface area contributed by atoms with E-state index >= 15 is 0 Å². The minimum absolute atomic E-state index is 0.750. The summed E-state index contributed by atoms with van der Waals surface area (Å²) in [7, 11) is 1.98. The fraction of sp³-hybridized carbons (Fsp3) is 0.700. The quantitative estimate of drug-likeness (QED) is 0.734. The second-order valence-corrected chi connectivity index (χ2v) is 3.80. The molecule has 0 unspecified atom stereocenters. The molecule has 1 aliphatic carbocycles. The zero-order valence-corrected chi connectivity index (χ0v) is 8.14. The van der Waals surface area contributed by atoms with Crippen LogP contribution in [0.1, 0.15) is 36.6 Å². The molecule has 0 aromatic carbocycles. The Bertz CT molecular complexity index is 263. The van der Waals surface area contributed by atoms with E-state index in [0.717, 1.165) is 18.9 Å². The van der Waals surface area contributed by atoms with Crippen molar-refractivity contribution in [1.82, 2.24) is 15.5 Å². The lowest BCUT2D eigenvalue weighted by atomic mass is 9.83. The molecular formula is C10H17N3. The van der Waals surface area contributed by atoms with E-state index < -0.39 is 0 Å². The Morgan fingerprint density at radius 2 is 2.46 bits per heavy atom. The van der Waals surface area contributed by atoms with Crippen LogP contribution in [0.5, 0.6) is 0 Å². The number of hydrogen-bond donors (Lipinski definition) is 2. The number of rotatable bonds is 4. The molecule has 1 aromatic heterocycles. The second kappa shape index (κ2) is 3.92. The molecule has 2 rings (SSSR count). The smallest absolute Gasteiger partial charge is 0.0655 e. The van der Waals surface area contributed by atoms with E-state index in [1.54, 1.807) is 0 Å². The summed E-state index contributed by atoms with van der Waals surface area (Å²) in [4.78, 5) is 0. The van der Waals surface area contributed by atoms with Crippen molar-refractivity contribution in [2.24, 2.45) is 0 Å². The van der Waals surface area contributed by atoms with Crippen LogP contribution in [-0.2, 0) is 6.42 Å². The lowest BCUT2D eigenvalue weighted by molar-refractivity contribution is 0.410. The lowest BCUT2D eigenvalue weighted by Crippen LogP contribution is -2.10. The molecule has 72 valence electrons. The van der Waals surface area contributed by atoms with E-state index in [9.17, 15) is 0 Å². The van der Waals surface area contributed by atoms with Gasteiger partial charge in [-0.2, -0.15) is 5.10 Å². The normalized spacial score (nSPS) is 17.3. The van der Waals surface area contributed by atoms with Gasteiger partial charge in [0.25, 0.3) is 0 Å². The van der Waals surface area contributed by atoms with Gasteiger partial charge >= 0.3 is 0 Å². The monoisotopic (exact) mass is 179 g/mol. The molecule has 0 amide bonds. The fourth-order valence-corrected chi connectivity index (χ4v) is 1.68. The summed E-state index contributed by atoms with van der Waals surface area (Å²) in [5.41, 5.74) is 2.54. The van der Waals surface area contributed by atoms with Gasteiger partial charge in [0.2, 0.25) is 0 Å². The number of likely N-dealkylation sites (N-methyl/N-ethyl adjacent to an activating group) is 1. The van der Waals surface area contributed by atoms with Crippen molar-refractivity contribution in [3.05, 3.63) is 17.5 Å². The number of nitrogens with one attached hydrogen (secondary N) is 2. The summed E-state index contributed by atoms with van der Waals surface area (Å²) in [5.74, 6) is 0.750. The molecular weight excluding hydrogens is 162 g/mol. The number of H-pyrrole nitrogens is 1. The van der Waals surface area contributed by atoms with Crippen LogP contribution in [0.25, 0.3) is 0 Å². The van der Waals surface area contributed by atoms with E-state index in [2.05, 4.69) is 21.6 Å². The summed E-state index contributed by atoms with van der Waals surface area (Å²) in [6.45, 7) is 1.02. The minimum Gasteiger partial charge on any atom is -0.319 e. The highest BCUT2D eigenvalue weighted by Crippen LogP contribution is 2.35. The highest BCUT2D eigenvalue weighted by molar-refractivity contribution is 5.15. The Morgan fingerprint density at radius 1 is 1.62 bits per heavy atom. The van der Waals surface area contributed by atoms with Gasteiger partial charge in [0.05, 0.1) is 5.69 Å². The van der Waals surface area contributed by atoms with Crippen molar-refractivity contribution in [1.29, 1.82) is 0 Å². The number of hydrogen-bond acceptors (Lipinski definition) is 2. The fourth-order valence-electron chi connectivity index (χ4n) is 1.68. The highest BCUT2D eigenvalue weighted by atomic mass is 15.1. The maximum atomic E-state index is 4.34. The second-order valence-electron chi connectivity index (χ2n) is 3.80. The van der Waals surface area contributed by atoms with E-state index in [-0.39, 0.29) is 0 Å². The Kier molecular flexibility index (Phi) is 2.64. The van der Waals surface area contributed by atoms with E-state index in [1.165, 1.54) is 30.7 Å². The summed E-state index contributed by atoms with van der Waals surface area (Å²) in [6.07, 6.45) is 5.09. The first-order valence-corrected chi connectivity index (χ1v) is 5.09. The highest BCUT2D eigenvalue weighted by Gasteiger charge is 2.21. The first-order chi connectivity index (χ1) is 6.40. The van der Waals surface area contributed by atoms with Gasteiger partial charge in [-0.15, -0.1) is 0 Å². The molecule has 3 heteroatoms. The molecule has 13 heavy (non-hydrogen) atoms. The van der Waals surface area contributed by atoms with Crippen LogP contribution < -0.4 is 5.32 Å². The Balaban J connectivity index is 1.92. The van der Waals surface area contributed by atoms with Gasteiger partial charge in [0, 0.05) is 24.6 Å². The predicted molar refractivity (Wildman–Crippen MR) is 52.8 cm³/mol. The number of aromatic amines is 1. The Hall–Kier alpha value is -0.830. The van der Waals surface area contributed by atoms with Gasteiger partial charge in [-0.1, -0.05) is 6.42 Å². The summed E-state index contributed by atoms with van der Waals surface area (Å²) in [6, 6.07) is 2.22. The van der Waals surface area contributed by atoms with Crippen molar-refractivity contribution in [2.75, 3.05) is 13.6 Å². The molecule has 2 N–H and O–H groups in total. The van der Waals surface area contributed by atoms with Crippen LogP contribution >= 0.6 is 0 Å². The molecule has 0 aliphatic heterocycles. The van der Waals surface area contributed by atoms with E-state index in [0.29, 0.717) is 0 Å². The first kappa shape index (κ1) is 8.75. The SMILES string of the molecule is CNCCc1cc(C2CCC2)n[nH]1. The van der Waals surface area contributed by atoms with Gasteiger partial charge in [-0.25, -0.2) is 0 Å². The van der Waals surface area contributed by atoms with Gasteiger partial charge in [-0.05, 0) is 26.0 Å². The molecule has 0 saturated heterocycles. The largest absolute Gasteiger partial charge is 0.319 e. The molecule has 0 spiro atoms. The average Bonchev–Trinajstić information content (AvgIpc) is 2.46. The zero-order chi connectivity index (χ0) is 9.10. The topological polar surface area (TPSA) is 40.7 Å². The average molecular weight is 179 g/mol. The molecule has 0 bridgehead atoms. The molecule has 1 aliphatic rings. The maximum absolute atomic E-state index is 4.34. The van der Waals surface area contributed by atoms with Gasteiger partial charge in [0.15, 0.2) is 0 Å². The van der Waals surface area contributed by atoms with Crippen LogP contribution in [-0.4, -0.2) is 23.8 Å². The van der Waals surface area contributed by atoms with Crippen molar-refractivity contribution in [3.8, 4) is 0 Å². The van der Waals surface area contributed by atoms with Crippen molar-refractivity contribution in [2.45, 2.75) is 31.6 Å². The van der Waals surface area contributed by atoms with Gasteiger partial charge in [-0.3, -0.25) is 5.10 Å². The van der Waals surface area contributed by atoms with Crippen LogP contribution in [0.2, 0.25) is 0 Å². The molecule has 3 nitrogen and oxygen atoms in total. The molecule has 0 atom stereocenters. The molecule has 1 aromatic rings. The Labute approximate surface area is 78.9 Å².